The van der Waals surface area contributed by atoms with Crippen molar-refractivity contribution >= 4 is 29.2 Å². The van der Waals surface area contributed by atoms with E-state index in [1.54, 1.807) is 49.4 Å². The van der Waals surface area contributed by atoms with E-state index in [0.717, 1.165) is 5.56 Å². The summed E-state index contributed by atoms with van der Waals surface area (Å²) in [7, 11) is 0. The number of urea groups is 1. The Balaban J connectivity index is 1.26. The van der Waals surface area contributed by atoms with Gasteiger partial charge in [0.1, 0.15) is 17.6 Å². The predicted molar refractivity (Wildman–Crippen MR) is 141 cm³/mol. The average Bonchev–Trinajstić information content (AvgIpc) is 3.52. The Labute approximate surface area is 228 Å². The third-order valence-electron chi connectivity index (χ3n) is 5.63. The minimum atomic E-state index is -4.78. The van der Waals surface area contributed by atoms with Gasteiger partial charge in [-0.15, -0.1) is 18.3 Å². The molecule has 3 N–H and O–H groups in total. The second-order valence-corrected chi connectivity index (χ2v) is 8.79. The van der Waals surface area contributed by atoms with Gasteiger partial charge in [-0.05, 0) is 67.1 Å². The van der Waals surface area contributed by atoms with E-state index in [1.807, 2.05) is 0 Å². The summed E-state index contributed by atoms with van der Waals surface area (Å²) in [5.41, 5.74) is 2.24. The van der Waals surface area contributed by atoms with Gasteiger partial charge in [0.2, 0.25) is 5.88 Å². The molecule has 0 radical (unpaired) electrons. The smallest absolute Gasteiger partial charge is 0.406 e. The van der Waals surface area contributed by atoms with Crippen LogP contribution in [0.2, 0.25) is 5.02 Å². The van der Waals surface area contributed by atoms with Crippen LogP contribution < -0.4 is 20.9 Å². The molecule has 0 saturated carbocycles. The van der Waals surface area contributed by atoms with Crippen LogP contribution in [0.3, 0.4) is 0 Å². The number of hydrogen-bond acceptors (Lipinski definition) is 6. The number of ether oxygens (including phenoxy) is 1. The SMILES string of the molecule is Cc1cccc(Cl)c1-c1c(NC(=O)Nc2ccc(-c3ncn(-c4ccc(OC(F)(F)F)cc4)n3)cc2)o[nH]c1=O. The molecular weight excluding hydrogens is 553 g/mol. The summed E-state index contributed by atoms with van der Waals surface area (Å²) in [5.74, 6) is -0.0962. The Hall–Kier alpha value is -5.04. The standard InChI is InChI=1S/C26H18ClF3N6O4/c1-14-3-2-4-19(27)20(14)21-23(37)35-40-24(21)33-25(38)32-16-7-5-15(6-8-16)22-31-13-36(34-22)17-9-11-18(12-10-17)39-26(28,29)30/h2-13H,1H3,(H,35,37)(H2,32,33,38). The van der Waals surface area contributed by atoms with E-state index in [-0.39, 0.29) is 17.2 Å². The molecule has 0 aliphatic heterocycles. The highest BCUT2D eigenvalue weighted by atomic mass is 35.5. The normalized spacial score (nSPS) is 11.3. The highest BCUT2D eigenvalue weighted by Gasteiger charge is 2.31. The van der Waals surface area contributed by atoms with E-state index in [2.05, 4.69) is 30.6 Å². The molecule has 0 aliphatic rings. The Morgan fingerprint density at radius 2 is 1.75 bits per heavy atom. The fourth-order valence-corrected chi connectivity index (χ4v) is 4.17. The van der Waals surface area contributed by atoms with Crippen molar-refractivity contribution in [2.24, 2.45) is 0 Å². The van der Waals surface area contributed by atoms with Crippen molar-refractivity contribution in [3.8, 4) is 34.0 Å². The molecule has 0 atom stereocenters. The molecule has 10 nitrogen and oxygen atoms in total. The largest absolute Gasteiger partial charge is 0.573 e. The minimum absolute atomic E-state index is 0.0944. The number of aryl methyl sites for hydroxylation is 1. The maximum Gasteiger partial charge on any atom is 0.573 e. The van der Waals surface area contributed by atoms with Crippen molar-refractivity contribution < 1.29 is 27.2 Å². The number of benzene rings is 3. The molecule has 40 heavy (non-hydrogen) atoms. The van der Waals surface area contributed by atoms with Crippen LogP contribution in [0.5, 0.6) is 5.75 Å². The number of carbonyl (C=O) groups is 1. The zero-order valence-electron chi connectivity index (χ0n) is 20.4. The van der Waals surface area contributed by atoms with Gasteiger partial charge in [0.05, 0.1) is 5.69 Å². The van der Waals surface area contributed by atoms with Crippen molar-refractivity contribution in [3.63, 3.8) is 0 Å². The van der Waals surface area contributed by atoms with Crippen LogP contribution in [0.15, 0.2) is 82.4 Å². The zero-order valence-corrected chi connectivity index (χ0v) is 21.2. The first-order chi connectivity index (χ1) is 19.1. The molecule has 204 valence electrons. The van der Waals surface area contributed by atoms with Crippen LogP contribution in [0.4, 0.5) is 29.5 Å². The number of rotatable bonds is 6. The molecule has 14 heteroatoms. The zero-order chi connectivity index (χ0) is 28.4. The number of anilines is 2. The summed E-state index contributed by atoms with van der Waals surface area (Å²) < 4.78 is 47.5. The summed E-state index contributed by atoms with van der Waals surface area (Å²) in [6.45, 7) is 1.78. The van der Waals surface area contributed by atoms with E-state index in [1.165, 1.54) is 35.3 Å². The minimum Gasteiger partial charge on any atom is -0.406 e. The number of carbonyl (C=O) groups excluding carboxylic acids is 1. The highest BCUT2D eigenvalue weighted by Crippen LogP contribution is 2.33. The molecule has 0 spiro atoms. The summed E-state index contributed by atoms with van der Waals surface area (Å²) in [6, 6.07) is 16.2. The number of aromatic nitrogens is 4. The van der Waals surface area contributed by atoms with E-state index in [0.29, 0.717) is 33.3 Å². The summed E-state index contributed by atoms with van der Waals surface area (Å²) in [5, 5.41) is 12.0. The summed E-state index contributed by atoms with van der Waals surface area (Å²) in [4.78, 5) is 29.2. The lowest BCUT2D eigenvalue weighted by atomic mass is 10.0. The first-order valence-corrected chi connectivity index (χ1v) is 11.9. The van der Waals surface area contributed by atoms with Gasteiger partial charge < -0.3 is 14.6 Å². The Kier molecular flexibility index (Phi) is 7.05. The van der Waals surface area contributed by atoms with Crippen LogP contribution in [0.1, 0.15) is 5.56 Å². The van der Waals surface area contributed by atoms with Crippen molar-refractivity contribution in [1.82, 2.24) is 19.9 Å². The van der Waals surface area contributed by atoms with Crippen LogP contribution in [0.25, 0.3) is 28.2 Å². The van der Waals surface area contributed by atoms with Gasteiger partial charge in [0.15, 0.2) is 5.82 Å². The molecule has 0 saturated heterocycles. The number of amides is 2. The van der Waals surface area contributed by atoms with Gasteiger partial charge in [-0.2, -0.15) is 5.16 Å². The lowest BCUT2D eigenvalue weighted by Gasteiger charge is -2.09. The number of aromatic amines is 1. The van der Waals surface area contributed by atoms with Gasteiger partial charge in [-0.25, -0.2) is 14.5 Å². The molecular formula is C26H18ClF3N6O4. The number of nitrogens with zero attached hydrogens (tertiary/aromatic N) is 3. The van der Waals surface area contributed by atoms with Gasteiger partial charge in [-0.3, -0.25) is 10.1 Å². The number of halogens is 4. The molecule has 5 rings (SSSR count). The predicted octanol–water partition coefficient (Wildman–Crippen LogP) is 6.39. The summed E-state index contributed by atoms with van der Waals surface area (Å²) >= 11 is 6.28. The highest BCUT2D eigenvalue weighted by molar-refractivity contribution is 6.33. The molecule has 0 unspecified atom stereocenters. The Morgan fingerprint density at radius 3 is 2.42 bits per heavy atom. The molecule has 2 heterocycles. The molecule has 2 aromatic heterocycles. The number of alkyl halides is 3. The lowest BCUT2D eigenvalue weighted by Crippen LogP contribution is -2.20. The maximum absolute atomic E-state index is 12.6. The fraction of sp³-hybridized carbons (Fsp3) is 0.0769. The van der Waals surface area contributed by atoms with Crippen molar-refractivity contribution in [3.05, 3.63) is 94.0 Å². The number of nitrogens with one attached hydrogen (secondary N) is 3. The second-order valence-electron chi connectivity index (χ2n) is 8.38. The van der Waals surface area contributed by atoms with Gasteiger partial charge >= 0.3 is 12.4 Å². The van der Waals surface area contributed by atoms with Crippen molar-refractivity contribution in [2.45, 2.75) is 13.3 Å². The van der Waals surface area contributed by atoms with Crippen molar-refractivity contribution in [1.29, 1.82) is 0 Å². The first-order valence-electron chi connectivity index (χ1n) is 11.5. The van der Waals surface area contributed by atoms with Gasteiger partial charge in [0, 0.05) is 21.8 Å². The van der Waals surface area contributed by atoms with E-state index in [4.69, 9.17) is 16.1 Å². The van der Waals surface area contributed by atoms with Crippen LogP contribution >= 0.6 is 11.6 Å². The first kappa shape index (κ1) is 26.6. The van der Waals surface area contributed by atoms with Gasteiger partial charge in [-0.1, -0.05) is 23.7 Å². The Morgan fingerprint density at radius 1 is 1.02 bits per heavy atom. The second kappa shape index (κ2) is 10.6. The average molecular weight is 571 g/mol. The van der Waals surface area contributed by atoms with E-state index < -0.39 is 18.0 Å². The van der Waals surface area contributed by atoms with Gasteiger partial charge in [0.25, 0.3) is 5.56 Å². The van der Waals surface area contributed by atoms with Crippen molar-refractivity contribution in [2.75, 3.05) is 10.6 Å². The van der Waals surface area contributed by atoms with E-state index in [9.17, 15) is 22.8 Å². The Bertz CT molecular complexity index is 1710. The molecule has 0 aliphatic carbocycles. The fourth-order valence-electron chi connectivity index (χ4n) is 3.85. The number of hydrogen-bond donors (Lipinski definition) is 3. The van der Waals surface area contributed by atoms with E-state index >= 15 is 0 Å². The maximum atomic E-state index is 12.6. The quantitative estimate of drug-likeness (QED) is 0.217. The number of H-pyrrole nitrogens is 1. The van der Waals surface area contributed by atoms with Crippen LogP contribution in [-0.2, 0) is 0 Å². The summed E-state index contributed by atoms with van der Waals surface area (Å²) in [6.07, 6.45) is -3.36. The molecule has 0 bridgehead atoms. The third-order valence-corrected chi connectivity index (χ3v) is 5.94. The third kappa shape index (κ3) is 5.83. The van der Waals surface area contributed by atoms with Crippen LogP contribution in [-0.4, -0.2) is 32.3 Å². The molecule has 3 aromatic carbocycles. The topological polar surface area (TPSA) is 127 Å². The molecule has 5 aromatic rings. The van der Waals surface area contributed by atoms with Crippen LogP contribution in [0, 0.1) is 6.92 Å². The monoisotopic (exact) mass is 570 g/mol. The molecule has 2 amide bonds. The lowest BCUT2D eigenvalue weighted by molar-refractivity contribution is -0.274. The molecule has 0 fully saturated rings.